The van der Waals surface area contributed by atoms with E-state index < -0.39 is 161 Å². The molecule has 0 aromatic carbocycles. The van der Waals surface area contributed by atoms with Crippen LogP contribution in [0.5, 0.6) is 0 Å². The van der Waals surface area contributed by atoms with Crippen molar-refractivity contribution >= 4 is 5.78 Å². The molecular formula is C51H82O24. The zero-order valence-electron chi connectivity index (χ0n) is 42.9. The fourth-order valence-electron chi connectivity index (χ4n) is 14.9. The zero-order chi connectivity index (χ0) is 54.2. The molecule has 4 saturated heterocycles. The third-order valence-corrected chi connectivity index (χ3v) is 19.4. The Kier molecular flexibility index (Phi) is 17.8. The van der Waals surface area contributed by atoms with Crippen molar-refractivity contribution in [3.8, 4) is 0 Å². The highest BCUT2D eigenvalue weighted by Gasteiger charge is 2.68. The van der Waals surface area contributed by atoms with Crippen LogP contribution >= 0.6 is 0 Å². The summed E-state index contributed by atoms with van der Waals surface area (Å²) in [6, 6.07) is 0. The van der Waals surface area contributed by atoms with Gasteiger partial charge in [-0.1, -0.05) is 20.8 Å². The van der Waals surface area contributed by atoms with Gasteiger partial charge in [-0.15, -0.1) is 0 Å². The molecule has 75 heavy (non-hydrogen) atoms. The Labute approximate surface area is 435 Å². The molecular weight excluding hydrogens is 997 g/mol. The minimum atomic E-state index is -1.92. The van der Waals surface area contributed by atoms with Gasteiger partial charge in [0.25, 0.3) is 0 Å². The van der Waals surface area contributed by atoms with Crippen LogP contribution in [0.1, 0.15) is 85.5 Å². The van der Waals surface area contributed by atoms with Crippen LogP contribution in [0.3, 0.4) is 0 Å². The molecule has 4 saturated carbocycles. The minimum absolute atomic E-state index is 0.00169. The van der Waals surface area contributed by atoms with Crippen LogP contribution in [-0.2, 0) is 47.4 Å². The molecule has 9 aliphatic rings. The lowest BCUT2D eigenvalue weighted by Gasteiger charge is -2.60. The first-order valence-corrected chi connectivity index (χ1v) is 26.9. The van der Waals surface area contributed by atoms with Crippen LogP contribution in [0.4, 0.5) is 0 Å². The van der Waals surface area contributed by atoms with Crippen molar-refractivity contribution in [1.82, 2.24) is 0 Å². The van der Waals surface area contributed by atoms with E-state index in [1.165, 1.54) is 0 Å². The van der Waals surface area contributed by atoms with Gasteiger partial charge in [-0.05, 0) is 92.4 Å². The topological polar surface area (TPSA) is 383 Å². The van der Waals surface area contributed by atoms with Crippen molar-refractivity contribution < 1.29 is 119 Å². The zero-order valence-corrected chi connectivity index (χ0v) is 42.9. The van der Waals surface area contributed by atoms with Crippen molar-refractivity contribution in [2.45, 2.75) is 221 Å². The van der Waals surface area contributed by atoms with E-state index in [-0.39, 0.29) is 53.5 Å². The number of carbonyl (C=O) groups is 1. The van der Waals surface area contributed by atoms with Gasteiger partial charge in [0.05, 0.1) is 44.9 Å². The summed E-state index contributed by atoms with van der Waals surface area (Å²) in [7, 11) is 0. The van der Waals surface area contributed by atoms with Crippen LogP contribution in [0.15, 0.2) is 11.3 Å². The molecule has 0 unspecified atom stereocenters. The summed E-state index contributed by atoms with van der Waals surface area (Å²) in [4.78, 5) is 14.7. The monoisotopic (exact) mass is 1080 g/mol. The van der Waals surface area contributed by atoms with E-state index in [0.717, 1.165) is 37.0 Å². The number of ketones is 1. The second-order valence-electron chi connectivity index (χ2n) is 23.6. The second kappa shape index (κ2) is 23.1. The third kappa shape index (κ3) is 10.4. The molecule has 5 aliphatic heterocycles. The fraction of sp³-hybridized carbons (Fsp3) is 0.941. The molecule has 4 aliphatic carbocycles. The molecule has 8 fully saturated rings. The van der Waals surface area contributed by atoms with Gasteiger partial charge in [0.1, 0.15) is 110 Å². The number of carbonyl (C=O) groups excluding carboxylic acids is 1. The first kappa shape index (κ1) is 58.0. The number of allylic oxidation sites excluding steroid dienone is 1. The SMILES string of the molecule is CC1=C(CC[C@H](C)CO[C@@H]2O[C@H](CO)[C@@H](O)[C@H](O)[C@H]2O)O[C@H]2C[C@H]3[C@@H]4CC[C@H]5C[C@@H](O[C@@H]6O[C@H](CO)[C@H](O[C@@H]7O[C@H](CO)[C@@H](O)[C@H](O)[C@H]7O[C@@H]7O[C@H](CO)[C@H](O)[C@H](O)[C@H]7O)[C@H](O)[C@H]6O)CC[C@]5(C)[C@H]4CC(=O)[C@]3(C)[C@@H]12. The lowest BCUT2D eigenvalue weighted by molar-refractivity contribution is -0.390. The van der Waals surface area contributed by atoms with Gasteiger partial charge in [-0.3, -0.25) is 4.79 Å². The van der Waals surface area contributed by atoms with Crippen LogP contribution in [-0.4, -0.2) is 245 Å². The van der Waals surface area contributed by atoms with E-state index in [1.807, 2.05) is 6.92 Å². The lowest BCUT2D eigenvalue weighted by Crippen LogP contribution is -2.67. The Bertz CT molecular complexity index is 1980. The smallest absolute Gasteiger partial charge is 0.187 e. The summed E-state index contributed by atoms with van der Waals surface area (Å²) in [6.45, 7) is 5.80. The van der Waals surface area contributed by atoms with Gasteiger partial charge < -0.3 is 114 Å². The first-order valence-electron chi connectivity index (χ1n) is 26.9. The number of aliphatic hydroxyl groups is 14. The second-order valence-corrected chi connectivity index (χ2v) is 23.6. The largest absolute Gasteiger partial charge is 0.494 e. The van der Waals surface area contributed by atoms with Crippen LogP contribution in [0.2, 0.25) is 0 Å². The van der Waals surface area contributed by atoms with Gasteiger partial charge >= 0.3 is 0 Å². The van der Waals surface area contributed by atoms with Crippen molar-refractivity contribution in [3.63, 3.8) is 0 Å². The molecule has 24 heteroatoms. The Morgan fingerprint density at radius 1 is 0.600 bits per heavy atom. The molecule has 5 heterocycles. The van der Waals surface area contributed by atoms with Crippen LogP contribution in [0, 0.1) is 46.3 Å². The highest BCUT2D eigenvalue weighted by atomic mass is 16.8. The van der Waals surface area contributed by atoms with E-state index in [1.54, 1.807) is 0 Å². The number of fused-ring (bicyclic) bond motifs is 7. The summed E-state index contributed by atoms with van der Waals surface area (Å²) in [6.07, 6.45) is -26.4. The van der Waals surface area contributed by atoms with E-state index in [4.69, 9.17) is 42.6 Å². The molecule has 24 nitrogen and oxygen atoms in total. The van der Waals surface area contributed by atoms with E-state index in [2.05, 4.69) is 20.8 Å². The number of Topliss-reactive ketones (excluding diaryl/α,β-unsaturated/α-hetero) is 1. The maximum absolute atomic E-state index is 14.7. The molecule has 0 aromatic heterocycles. The first-order chi connectivity index (χ1) is 35.6. The van der Waals surface area contributed by atoms with Crippen molar-refractivity contribution in [2.75, 3.05) is 33.0 Å². The van der Waals surface area contributed by atoms with Crippen LogP contribution in [0.25, 0.3) is 0 Å². The third-order valence-electron chi connectivity index (χ3n) is 19.4. The Hall–Kier alpha value is -1.67. The number of hydrogen-bond donors (Lipinski definition) is 14. The van der Waals surface area contributed by atoms with Gasteiger partial charge in [0.2, 0.25) is 0 Å². The molecule has 0 aromatic rings. The maximum atomic E-state index is 14.7. The van der Waals surface area contributed by atoms with E-state index in [9.17, 15) is 76.3 Å². The number of hydrogen-bond acceptors (Lipinski definition) is 24. The van der Waals surface area contributed by atoms with Gasteiger partial charge in [0, 0.05) is 24.2 Å². The molecule has 0 amide bonds. The lowest BCUT2D eigenvalue weighted by atomic mass is 9.44. The fourth-order valence-corrected chi connectivity index (χ4v) is 14.9. The maximum Gasteiger partial charge on any atom is 0.187 e. The van der Waals surface area contributed by atoms with Gasteiger partial charge in [-0.2, -0.15) is 0 Å². The number of ether oxygens (including phenoxy) is 9. The van der Waals surface area contributed by atoms with E-state index >= 15 is 0 Å². The van der Waals surface area contributed by atoms with Gasteiger partial charge in [-0.25, -0.2) is 0 Å². The summed E-state index contributed by atoms with van der Waals surface area (Å²) >= 11 is 0. The average molecular weight is 1080 g/mol. The van der Waals surface area contributed by atoms with Crippen molar-refractivity contribution in [1.29, 1.82) is 0 Å². The molecule has 0 spiro atoms. The molecule has 14 N–H and O–H groups in total. The predicted octanol–water partition coefficient (Wildman–Crippen LogP) is -3.83. The molecule has 430 valence electrons. The quantitative estimate of drug-likeness (QED) is 0.0659. The molecule has 0 bridgehead atoms. The summed E-state index contributed by atoms with van der Waals surface area (Å²) in [5, 5.41) is 147. The highest BCUT2D eigenvalue weighted by Crippen LogP contribution is 2.69. The predicted molar refractivity (Wildman–Crippen MR) is 251 cm³/mol. The molecule has 0 radical (unpaired) electrons. The Morgan fingerprint density at radius 2 is 1.13 bits per heavy atom. The van der Waals surface area contributed by atoms with Crippen LogP contribution < -0.4 is 0 Å². The summed E-state index contributed by atoms with van der Waals surface area (Å²) in [5.74, 6) is 1.88. The van der Waals surface area contributed by atoms with Crippen molar-refractivity contribution in [2.24, 2.45) is 46.3 Å². The summed E-state index contributed by atoms with van der Waals surface area (Å²) < 4.78 is 53.4. The standard InChI is InChI=1S/C51H82O24/c1-19(18-67-46-41(64)37(60)34(57)28(14-52)70-46)5-8-26-20(2)33-27(69-26)12-25-23-7-6-21-11-22(9-10-50(21,3)24(23)13-32(56)51(25,33)4)68-47-43(66)40(63)44(31(17-55)73-47)74-49-45(39(62)36(59)30(16-54)72-49)75-48-42(65)38(61)35(58)29(15-53)71-48/h19,21-25,27-31,33-49,52-55,57-66H,5-18H2,1-4H3/t19-,21-,22-,23+,24-,25-,27-,28+,29+,30+,31+,33-,34+,35-,36+,37-,38-,39-,40+,41+,42+,43+,44-,45+,46+,47+,48-,49-,50-,51+/m0/s1. The normalized spacial score (nSPS) is 52.4. The summed E-state index contributed by atoms with van der Waals surface area (Å²) in [5.41, 5.74) is 0.345. The average Bonchev–Trinajstić information content (AvgIpc) is 3.89. The molecule has 9 rings (SSSR count). The Morgan fingerprint density at radius 3 is 1.77 bits per heavy atom. The number of rotatable bonds is 16. The number of aliphatic hydroxyl groups excluding tert-OH is 14. The van der Waals surface area contributed by atoms with Gasteiger partial charge in [0.15, 0.2) is 25.2 Å². The molecule has 30 atom stereocenters. The van der Waals surface area contributed by atoms with Crippen molar-refractivity contribution in [3.05, 3.63) is 11.3 Å². The highest BCUT2D eigenvalue weighted by molar-refractivity contribution is 5.87. The Balaban J connectivity index is 0.798. The minimum Gasteiger partial charge on any atom is -0.494 e. The van der Waals surface area contributed by atoms with E-state index in [0.29, 0.717) is 38.0 Å².